The van der Waals surface area contributed by atoms with Gasteiger partial charge in [0.25, 0.3) is 11.8 Å². The molecule has 0 aromatic heterocycles. The number of benzene rings is 1. The molecule has 4 amide bonds. The van der Waals surface area contributed by atoms with E-state index in [-0.39, 0.29) is 5.56 Å². The number of nitrogens with one attached hydrogen (secondary N) is 2. The number of imide groups is 1. The van der Waals surface area contributed by atoms with Crippen molar-refractivity contribution in [1.82, 2.24) is 15.8 Å². The zero-order valence-electron chi connectivity index (χ0n) is 13.9. The number of carbonyl (C=O) groups is 4. The monoisotopic (exact) mass is 423 g/mol. The first kappa shape index (κ1) is 18.4. The predicted molar refractivity (Wildman–Crippen MR) is 93.8 cm³/mol. The van der Waals surface area contributed by atoms with E-state index in [2.05, 4.69) is 26.7 Å². The number of hydrazine groups is 1. The standard InChI is InChI=1S/C17H18BrN3O5/c18-12-7-3-2-6-11(12)14(23)26-10-13(22)20-21-15(24)17(19-16(21)25)8-4-1-5-9-17/h2-3,6-7H,1,4-5,8-10H2,(H,19,25)(H,20,22). The molecule has 3 rings (SSSR count). The van der Waals surface area contributed by atoms with Crippen LogP contribution in [-0.2, 0) is 14.3 Å². The molecule has 1 aromatic carbocycles. The molecule has 0 bridgehead atoms. The van der Waals surface area contributed by atoms with Gasteiger partial charge in [-0.3, -0.25) is 15.0 Å². The molecule has 1 aliphatic carbocycles. The number of urea groups is 1. The third-order valence-electron chi connectivity index (χ3n) is 4.53. The minimum Gasteiger partial charge on any atom is -0.452 e. The fourth-order valence-corrected chi connectivity index (χ4v) is 3.66. The van der Waals surface area contributed by atoms with Crippen molar-refractivity contribution in [3.63, 3.8) is 0 Å². The highest BCUT2D eigenvalue weighted by Crippen LogP contribution is 2.32. The molecule has 2 N–H and O–H groups in total. The lowest BCUT2D eigenvalue weighted by Gasteiger charge is -2.30. The Kier molecular flexibility index (Phi) is 5.26. The third kappa shape index (κ3) is 3.57. The highest BCUT2D eigenvalue weighted by Gasteiger charge is 2.52. The molecule has 1 aromatic rings. The Balaban J connectivity index is 1.56. The van der Waals surface area contributed by atoms with Crippen molar-refractivity contribution >= 4 is 39.7 Å². The lowest BCUT2D eigenvalue weighted by Crippen LogP contribution is -2.51. The summed E-state index contributed by atoms with van der Waals surface area (Å²) in [5.74, 6) is -1.91. The van der Waals surface area contributed by atoms with Crippen molar-refractivity contribution in [1.29, 1.82) is 0 Å². The van der Waals surface area contributed by atoms with Crippen LogP contribution in [0.1, 0.15) is 42.5 Å². The maximum atomic E-state index is 12.5. The van der Waals surface area contributed by atoms with Crippen molar-refractivity contribution in [2.75, 3.05) is 6.61 Å². The lowest BCUT2D eigenvalue weighted by molar-refractivity contribution is -0.140. The molecule has 9 heteroatoms. The SMILES string of the molecule is O=C(COC(=O)c1ccccc1Br)NN1C(=O)NC2(CCCCC2)C1=O. The van der Waals surface area contributed by atoms with Gasteiger partial charge in [-0.2, -0.15) is 5.01 Å². The van der Waals surface area contributed by atoms with Gasteiger partial charge in [0, 0.05) is 4.47 Å². The molecule has 2 aliphatic rings. The van der Waals surface area contributed by atoms with Crippen LogP contribution in [0.15, 0.2) is 28.7 Å². The van der Waals surface area contributed by atoms with Gasteiger partial charge < -0.3 is 10.1 Å². The van der Waals surface area contributed by atoms with E-state index in [1.54, 1.807) is 24.3 Å². The topological polar surface area (TPSA) is 105 Å². The Morgan fingerprint density at radius 2 is 1.88 bits per heavy atom. The van der Waals surface area contributed by atoms with Crippen molar-refractivity contribution in [2.24, 2.45) is 0 Å². The second-order valence-electron chi connectivity index (χ2n) is 6.30. The van der Waals surface area contributed by atoms with Crippen LogP contribution >= 0.6 is 15.9 Å². The maximum absolute atomic E-state index is 12.5. The van der Waals surface area contributed by atoms with E-state index in [4.69, 9.17) is 4.74 Å². The molecule has 1 heterocycles. The van der Waals surface area contributed by atoms with E-state index in [9.17, 15) is 19.2 Å². The molecule has 1 spiro atoms. The van der Waals surface area contributed by atoms with Crippen molar-refractivity contribution in [3.8, 4) is 0 Å². The molecular weight excluding hydrogens is 406 g/mol. The molecule has 26 heavy (non-hydrogen) atoms. The maximum Gasteiger partial charge on any atom is 0.344 e. The Labute approximate surface area is 158 Å². The number of hydrogen-bond donors (Lipinski definition) is 2. The first-order valence-electron chi connectivity index (χ1n) is 8.31. The van der Waals surface area contributed by atoms with Crippen molar-refractivity contribution in [3.05, 3.63) is 34.3 Å². The minimum absolute atomic E-state index is 0.274. The number of rotatable bonds is 4. The van der Waals surface area contributed by atoms with Gasteiger partial charge in [0.15, 0.2) is 6.61 Å². The number of esters is 1. The second kappa shape index (κ2) is 7.45. The molecule has 0 radical (unpaired) electrons. The molecular formula is C17H18BrN3O5. The van der Waals surface area contributed by atoms with Crippen LogP contribution in [-0.4, -0.2) is 41.0 Å². The van der Waals surface area contributed by atoms with Gasteiger partial charge in [-0.15, -0.1) is 0 Å². The fourth-order valence-electron chi connectivity index (χ4n) is 3.21. The number of halogens is 1. The molecule has 0 atom stereocenters. The number of amides is 4. The van der Waals surface area contributed by atoms with Crippen molar-refractivity contribution in [2.45, 2.75) is 37.6 Å². The van der Waals surface area contributed by atoms with E-state index in [0.29, 0.717) is 22.3 Å². The van der Waals surface area contributed by atoms with Crippen LogP contribution in [0.4, 0.5) is 4.79 Å². The lowest BCUT2D eigenvalue weighted by atomic mass is 9.82. The molecule has 0 unspecified atom stereocenters. The summed E-state index contributed by atoms with van der Waals surface area (Å²) in [7, 11) is 0. The Morgan fingerprint density at radius 3 is 2.58 bits per heavy atom. The summed E-state index contributed by atoms with van der Waals surface area (Å²) in [6.45, 7) is -0.607. The molecule has 1 saturated carbocycles. The van der Waals surface area contributed by atoms with E-state index < -0.39 is 36.0 Å². The minimum atomic E-state index is -0.922. The molecule has 1 aliphatic heterocycles. The van der Waals surface area contributed by atoms with Gasteiger partial charge in [-0.05, 0) is 40.9 Å². The van der Waals surface area contributed by atoms with Crippen LogP contribution in [0.5, 0.6) is 0 Å². The largest absolute Gasteiger partial charge is 0.452 e. The average Bonchev–Trinajstić information content (AvgIpc) is 2.85. The van der Waals surface area contributed by atoms with Crippen molar-refractivity contribution < 1.29 is 23.9 Å². The highest BCUT2D eigenvalue weighted by atomic mass is 79.9. The quantitative estimate of drug-likeness (QED) is 0.568. The zero-order valence-corrected chi connectivity index (χ0v) is 15.5. The van der Waals surface area contributed by atoms with Gasteiger partial charge >= 0.3 is 12.0 Å². The Morgan fingerprint density at radius 1 is 1.19 bits per heavy atom. The van der Waals surface area contributed by atoms with E-state index >= 15 is 0 Å². The third-order valence-corrected chi connectivity index (χ3v) is 5.23. The highest BCUT2D eigenvalue weighted by molar-refractivity contribution is 9.10. The Bertz CT molecular complexity index is 761. The number of carbonyl (C=O) groups excluding carboxylic acids is 4. The van der Waals surface area contributed by atoms with Crippen LogP contribution in [0.2, 0.25) is 0 Å². The van der Waals surface area contributed by atoms with Gasteiger partial charge in [0.1, 0.15) is 5.54 Å². The van der Waals surface area contributed by atoms with Crippen LogP contribution in [0.3, 0.4) is 0 Å². The summed E-state index contributed by atoms with van der Waals surface area (Å²) >= 11 is 3.22. The summed E-state index contributed by atoms with van der Waals surface area (Å²) in [5.41, 5.74) is 1.57. The first-order chi connectivity index (χ1) is 12.4. The zero-order chi connectivity index (χ0) is 18.7. The Hall–Kier alpha value is -2.42. The molecule has 138 valence electrons. The van der Waals surface area contributed by atoms with Gasteiger partial charge in [0.05, 0.1) is 5.56 Å². The summed E-state index contributed by atoms with van der Waals surface area (Å²) in [6.07, 6.45) is 3.82. The summed E-state index contributed by atoms with van der Waals surface area (Å²) < 4.78 is 5.48. The van der Waals surface area contributed by atoms with Crippen LogP contribution in [0, 0.1) is 0 Å². The molecule has 2 fully saturated rings. The van der Waals surface area contributed by atoms with E-state index in [0.717, 1.165) is 19.3 Å². The number of nitrogens with zero attached hydrogens (tertiary/aromatic N) is 1. The number of hydrogen-bond acceptors (Lipinski definition) is 5. The second-order valence-corrected chi connectivity index (χ2v) is 7.16. The summed E-state index contributed by atoms with van der Waals surface area (Å²) in [6, 6.07) is 5.97. The van der Waals surface area contributed by atoms with Crippen LogP contribution < -0.4 is 10.7 Å². The molecule has 8 nitrogen and oxygen atoms in total. The summed E-state index contributed by atoms with van der Waals surface area (Å²) in [5, 5.41) is 3.36. The van der Waals surface area contributed by atoms with E-state index in [1.165, 1.54) is 0 Å². The number of ether oxygens (including phenoxy) is 1. The van der Waals surface area contributed by atoms with Gasteiger partial charge in [-0.25, -0.2) is 9.59 Å². The normalized spacial score (nSPS) is 18.6. The smallest absolute Gasteiger partial charge is 0.344 e. The summed E-state index contributed by atoms with van der Waals surface area (Å²) in [4.78, 5) is 48.6. The van der Waals surface area contributed by atoms with E-state index in [1.807, 2.05) is 0 Å². The molecule has 1 saturated heterocycles. The fraction of sp³-hybridized carbons (Fsp3) is 0.412. The average molecular weight is 424 g/mol. The van der Waals surface area contributed by atoms with Crippen LogP contribution in [0.25, 0.3) is 0 Å². The van der Waals surface area contributed by atoms with Gasteiger partial charge in [-0.1, -0.05) is 31.4 Å². The predicted octanol–water partition coefficient (Wildman–Crippen LogP) is 1.89. The van der Waals surface area contributed by atoms with Gasteiger partial charge in [0.2, 0.25) is 0 Å². The first-order valence-corrected chi connectivity index (χ1v) is 9.10.